The molecule has 102 valence electrons. The lowest BCUT2D eigenvalue weighted by Crippen LogP contribution is -2.20. The molecule has 1 aromatic carbocycles. The van der Waals surface area contributed by atoms with Crippen LogP contribution < -0.4 is 5.32 Å². The van der Waals surface area contributed by atoms with Crippen molar-refractivity contribution in [1.82, 2.24) is 5.32 Å². The summed E-state index contributed by atoms with van der Waals surface area (Å²) in [5.74, 6) is 0.373. The van der Waals surface area contributed by atoms with Crippen molar-refractivity contribution in [3.05, 3.63) is 46.6 Å². The molecule has 0 radical (unpaired) electrons. The molecule has 2 rings (SSSR count). The molecule has 0 saturated heterocycles. The molecular weight excluding hydrogens is 257 g/mol. The molecule has 1 unspecified atom stereocenters. The second-order valence-electron chi connectivity index (χ2n) is 5.20. The fraction of sp³-hybridized carbons (Fsp3) is 0.375. The molecule has 3 heteroatoms. The minimum Gasteiger partial charge on any atom is -0.312 e. The summed E-state index contributed by atoms with van der Waals surface area (Å²) in [4.78, 5) is 2.25. The van der Waals surface area contributed by atoms with Crippen molar-refractivity contribution in [2.75, 3.05) is 7.05 Å². The summed E-state index contributed by atoms with van der Waals surface area (Å²) < 4.78 is 14.0. The SMILES string of the molecule is CNC(c1ccc(-c2ccc(C)cc2F)s1)C(C)C. The van der Waals surface area contributed by atoms with Crippen LogP contribution in [-0.4, -0.2) is 7.05 Å². The topological polar surface area (TPSA) is 12.0 Å². The highest BCUT2D eigenvalue weighted by atomic mass is 32.1. The van der Waals surface area contributed by atoms with E-state index in [0.29, 0.717) is 17.5 Å². The van der Waals surface area contributed by atoms with Crippen LogP contribution in [0.1, 0.15) is 30.3 Å². The fourth-order valence-electron chi connectivity index (χ4n) is 2.29. The van der Waals surface area contributed by atoms with Gasteiger partial charge in [0.05, 0.1) is 0 Å². The van der Waals surface area contributed by atoms with Crippen LogP contribution in [0.5, 0.6) is 0 Å². The molecular formula is C16H20FNS. The van der Waals surface area contributed by atoms with Gasteiger partial charge in [-0.15, -0.1) is 11.3 Å². The Morgan fingerprint density at radius 1 is 1.16 bits per heavy atom. The normalized spacial score (nSPS) is 12.9. The second-order valence-corrected chi connectivity index (χ2v) is 6.31. The fourth-order valence-corrected chi connectivity index (χ4v) is 3.61. The first-order valence-electron chi connectivity index (χ1n) is 6.56. The largest absolute Gasteiger partial charge is 0.312 e. The van der Waals surface area contributed by atoms with E-state index in [4.69, 9.17) is 0 Å². The molecule has 1 atom stereocenters. The van der Waals surface area contributed by atoms with Gasteiger partial charge in [-0.3, -0.25) is 0 Å². The molecule has 0 aliphatic heterocycles. The van der Waals surface area contributed by atoms with Crippen LogP contribution in [0, 0.1) is 18.7 Å². The van der Waals surface area contributed by atoms with E-state index < -0.39 is 0 Å². The molecule has 0 aliphatic carbocycles. The molecule has 19 heavy (non-hydrogen) atoms. The Labute approximate surface area is 118 Å². The van der Waals surface area contributed by atoms with Gasteiger partial charge in [-0.05, 0) is 43.7 Å². The molecule has 0 aliphatic rings. The van der Waals surface area contributed by atoms with E-state index in [1.54, 1.807) is 17.4 Å². The minimum atomic E-state index is -0.140. The van der Waals surface area contributed by atoms with Gasteiger partial charge in [0.2, 0.25) is 0 Å². The molecule has 0 fully saturated rings. The van der Waals surface area contributed by atoms with E-state index in [2.05, 4.69) is 25.2 Å². The third kappa shape index (κ3) is 3.04. The zero-order chi connectivity index (χ0) is 14.0. The molecule has 2 aromatic rings. The van der Waals surface area contributed by atoms with Crippen LogP contribution in [0.25, 0.3) is 10.4 Å². The predicted molar refractivity (Wildman–Crippen MR) is 81.1 cm³/mol. The molecule has 0 bridgehead atoms. The van der Waals surface area contributed by atoms with Crippen molar-refractivity contribution in [1.29, 1.82) is 0 Å². The predicted octanol–water partition coefficient (Wildman–Crippen LogP) is 4.78. The van der Waals surface area contributed by atoms with Crippen molar-refractivity contribution in [3.8, 4) is 10.4 Å². The number of thiophene rings is 1. The summed E-state index contributed by atoms with van der Waals surface area (Å²) >= 11 is 1.66. The van der Waals surface area contributed by atoms with Gasteiger partial charge in [0.25, 0.3) is 0 Å². The van der Waals surface area contributed by atoms with Crippen molar-refractivity contribution < 1.29 is 4.39 Å². The molecule has 0 amide bonds. The van der Waals surface area contributed by atoms with Crippen molar-refractivity contribution in [2.45, 2.75) is 26.8 Å². The highest BCUT2D eigenvalue weighted by Crippen LogP contribution is 2.35. The standard InChI is InChI=1S/C16H20FNS/c1-10(2)16(18-4)15-8-7-14(19-15)12-6-5-11(3)9-13(12)17/h5-10,16,18H,1-4H3. The first-order chi connectivity index (χ1) is 9.02. The monoisotopic (exact) mass is 277 g/mol. The summed E-state index contributed by atoms with van der Waals surface area (Å²) in [5.41, 5.74) is 1.65. The average molecular weight is 277 g/mol. The van der Waals surface area contributed by atoms with E-state index in [0.717, 1.165) is 10.4 Å². The van der Waals surface area contributed by atoms with Crippen molar-refractivity contribution in [2.24, 2.45) is 5.92 Å². The van der Waals surface area contributed by atoms with Crippen LogP contribution in [0.2, 0.25) is 0 Å². The third-order valence-corrected chi connectivity index (χ3v) is 4.50. The molecule has 1 N–H and O–H groups in total. The summed E-state index contributed by atoms with van der Waals surface area (Å²) in [6.07, 6.45) is 0. The Balaban J connectivity index is 2.35. The maximum atomic E-state index is 14.0. The van der Waals surface area contributed by atoms with Gasteiger partial charge in [-0.1, -0.05) is 26.0 Å². The highest BCUT2D eigenvalue weighted by Gasteiger charge is 2.17. The summed E-state index contributed by atoms with van der Waals surface area (Å²) in [6.45, 7) is 6.28. The van der Waals surface area contributed by atoms with Crippen LogP contribution in [0.15, 0.2) is 30.3 Å². The van der Waals surface area contributed by atoms with E-state index in [1.165, 1.54) is 4.88 Å². The van der Waals surface area contributed by atoms with Gasteiger partial charge in [0.1, 0.15) is 5.82 Å². The van der Waals surface area contributed by atoms with E-state index in [9.17, 15) is 4.39 Å². The van der Waals surface area contributed by atoms with Gasteiger partial charge in [0, 0.05) is 21.4 Å². The lowest BCUT2D eigenvalue weighted by atomic mass is 10.0. The van der Waals surface area contributed by atoms with Crippen molar-refractivity contribution >= 4 is 11.3 Å². The number of hydrogen-bond donors (Lipinski definition) is 1. The smallest absolute Gasteiger partial charge is 0.132 e. The molecule has 0 saturated carbocycles. The Morgan fingerprint density at radius 2 is 1.89 bits per heavy atom. The van der Waals surface area contributed by atoms with Crippen LogP contribution in [-0.2, 0) is 0 Å². The number of hydrogen-bond acceptors (Lipinski definition) is 2. The Hall–Kier alpha value is -1.19. The third-order valence-electron chi connectivity index (χ3n) is 3.30. The van der Waals surface area contributed by atoms with Gasteiger partial charge in [-0.2, -0.15) is 0 Å². The lowest BCUT2D eigenvalue weighted by molar-refractivity contribution is 0.449. The molecule has 1 heterocycles. The van der Waals surface area contributed by atoms with Gasteiger partial charge in [0.15, 0.2) is 0 Å². The first-order valence-corrected chi connectivity index (χ1v) is 7.38. The summed E-state index contributed by atoms with van der Waals surface area (Å²) in [5, 5.41) is 3.32. The highest BCUT2D eigenvalue weighted by molar-refractivity contribution is 7.15. The van der Waals surface area contributed by atoms with Crippen LogP contribution >= 0.6 is 11.3 Å². The van der Waals surface area contributed by atoms with Gasteiger partial charge >= 0.3 is 0 Å². The lowest BCUT2D eigenvalue weighted by Gasteiger charge is -2.18. The first kappa shape index (κ1) is 14.2. The van der Waals surface area contributed by atoms with Crippen molar-refractivity contribution in [3.63, 3.8) is 0 Å². The summed E-state index contributed by atoms with van der Waals surface area (Å²) in [6, 6.07) is 9.85. The second kappa shape index (κ2) is 5.85. The quantitative estimate of drug-likeness (QED) is 0.848. The van der Waals surface area contributed by atoms with Gasteiger partial charge in [-0.25, -0.2) is 4.39 Å². The zero-order valence-electron chi connectivity index (χ0n) is 11.8. The van der Waals surface area contributed by atoms with E-state index >= 15 is 0 Å². The van der Waals surface area contributed by atoms with E-state index in [-0.39, 0.29) is 5.82 Å². The van der Waals surface area contributed by atoms with E-state index in [1.807, 2.05) is 32.2 Å². The molecule has 1 aromatic heterocycles. The maximum Gasteiger partial charge on any atom is 0.132 e. The molecule has 0 spiro atoms. The van der Waals surface area contributed by atoms with Gasteiger partial charge < -0.3 is 5.32 Å². The number of benzene rings is 1. The Kier molecular flexibility index (Phi) is 4.38. The van der Waals surface area contributed by atoms with Crippen LogP contribution in [0.4, 0.5) is 4.39 Å². The molecule has 1 nitrogen and oxygen atoms in total. The number of rotatable bonds is 4. The Morgan fingerprint density at radius 3 is 2.47 bits per heavy atom. The number of halogens is 1. The Bertz CT molecular complexity index is 560. The maximum absolute atomic E-state index is 14.0. The number of nitrogens with one attached hydrogen (secondary N) is 1. The minimum absolute atomic E-state index is 0.140. The van der Waals surface area contributed by atoms with Crippen LogP contribution in [0.3, 0.4) is 0 Å². The average Bonchev–Trinajstić information content (AvgIpc) is 2.78. The number of aryl methyl sites for hydroxylation is 1. The summed E-state index contributed by atoms with van der Waals surface area (Å²) in [7, 11) is 1.97. The zero-order valence-corrected chi connectivity index (χ0v) is 12.6.